The molecule has 0 bridgehead atoms. The number of hydrogen-bond acceptors (Lipinski definition) is 7. The van der Waals surface area contributed by atoms with Gasteiger partial charge in [0, 0.05) is 25.5 Å². The topological polar surface area (TPSA) is 96.4 Å². The third-order valence-corrected chi connectivity index (χ3v) is 6.61. The molecular weight excluding hydrogens is 484 g/mol. The number of benzene rings is 3. The molecule has 8 nitrogen and oxygen atoms in total. The lowest BCUT2D eigenvalue weighted by molar-refractivity contribution is -0.132. The highest BCUT2D eigenvalue weighted by Gasteiger charge is 2.47. The van der Waals surface area contributed by atoms with Crippen LogP contribution in [0.25, 0.3) is 5.76 Å². The van der Waals surface area contributed by atoms with E-state index in [2.05, 4.69) is 0 Å². The number of rotatable bonds is 6. The molecule has 4 rings (SSSR count). The zero-order valence-corrected chi connectivity index (χ0v) is 22.2. The molecule has 38 heavy (non-hydrogen) atoms. The number of carbonyl (C=O) groups excluding carboxylic acids is 3. The Kier molecular flexibility index (Phi) is 7.26. The van der Waals surface area contributed by atoms with E-state index in [1.54, 1.807) is 18.2 Å². The highest BCUT2D eigenvalue weighted by molar-refractivity contribution is 6.51. The van der Waals surface area contributed by atoms with Crippen molar-refractivity contribution >= 4 is 34.8 Å². The van der Waals surface area contributed by atoms with Crippen LogP contribution in [0, 0.1) is 13.8 Å². The average molecular weight is 515 g/mol. The summed E-state index contributed by atoms with van der Waals surface area (Å²) in [4.78, 5) is 42.2. The first-order valence-electron chi connectivity index (χ1n) is 12.0. The van der Waals surface area contributed by atoms with Gasteiger partial charge in [-0.15, -0.1) is 0 Å². The minimum absolute atomic E-state index is 0.0482. The normalized spacial score (nSPS) is 16.5. The van der Waals surface area contributed by atoms with Crippen molar-refractivity contribution in [3.8, 4) is 5.75 Å². The summed E-state index contributed by atoms with van der Waals surface area (Å²) in [6.45, 7) is 3.73. The van der Waals surface area contributed by atoms with E-state index in [-0.39, 0.29) is 11.3 Å². The monoisotopic (exact) mass is 514 g/mol. The van der Waals surface area contributed by atoms with Crippen LogP contribution in [0.5, 0.6) is 5.75 Å². The molecule has 1 unspecified atom stereocenters. The van der Waals surface area contributed by atoms with Crippen LogP contribution in [0.3, 0.4) is 0 Å². The van der Waals surface area contributed by atoms with E-state index in [0.717, 1.165) is 16.8 Å². The van der Waals surface area contributed by atoms with Gasteiger partial charge in [-0.1, -0.05) is 18.2 Å². The predicted molar refractivity (Wildman–Crippen MR) is 146 cm³/mol. The number of aliphatic hydroxyl groups excluding tert-OH is 1. The van der Waals surface area contributed by atoms with Crippen LogP contribution < -0.4 is 14.5 Å². The molecule has 0 spiro atoms. The number of hydrogen-bond donors (Lipinski definition) is 1. The third kappa shape index (κ3) is 4.61. The smallest absolute Gasteiger partial charge is 0.337 e. The third-order valence-electron chi connectivity index (χ3n) is 6.61. The molecule has 0 aromatic heterocycles. The van der Waals surface area contributed by atoms with Crippen molar-refractivity contribution in [2.75, 3.05) is 38.1 Å². The maximum absolute atomic E-state index is 13.5. The highest BCUT2D eigenvalue weighted by Crippen LogP contribution is 2.44. The molecule has 1 N–H and O–H groups in total. The summed E-state index contributed by atoms with van der Waals surface area (Å²) in [7, 11) is 6.60. The van der Waals surface area contributed by atoms with Crippen molar-refractivity contribution < 1.29 is 29.0 Å². The average Bonchev–Trinajstić information content (AvgIpc) is 3.17. The Morgan fingerprint density at radius 3 is 2.13 bits per heavy atom. The van der Waals surface area contributed by atoms with Gasteiger partial charge < -0.3 is 19.5 Å². The lowest BCUT2D eigenvalue weighted by Gasteiger charge is -2.26. The number of Topliss-reactive ketones (excluding diaryl/α,β-unsaturated/α-hetero) is 1. The van der Waals surface area contributed by atoms with Crippen LogP contribution >= 0.6 is 0 Å². The molecule has 1 heterocycles. The van der Waals surface area contributed by atoms with Crippen LogP contribution in [0.15, 0.2) is 66.2 Å². The molecule has 8 heteroatoms. The Morgan fingerprint density at radius 2 is 1.58 bits per heavy atom. The molecule has 1 fully saturated rings. The van der Waals surface area contributed by atoms with E-state index < -0.39 is 23.7 Å². The quantitative estimate of drug-likeness (QED) is 0.219. The fourth-order valence-electron chi connectivity index (χ4n) is 4.79. The van der Waals surface area contributed by atoms with E-state index in [1.165, 1.54) is 31.3 Å². The second kappa shape index (κ2) is 10.4. The summed E-state index contributed by atoms with van der Waals surface area (Å²) >= 11 is 0. The predicted octanol–water partition coefficient (Wildman–Crippen LogP) is 4.79. The van der Waals surface area contributed by atoms with Gasteiger partial charge in [-0.3, -0.25) is 14.5 Å². The zero-order valence-electron chi connectivity index (χ0n) is 22.2. The maximum atomic E-state index is 13.5. The second-order valence-electron chi connectivity index (χ2n) is 9.36. The van der Waals surface area contributed by atoms with E-state index in [4.69, 9.17) is 9.47 Å². The van der Waals surface area contributed by atoms with Gasteiger partial charge in [0.2, 0.25) is 0 Å². The first kappa shape index (κ1) is 26.5. The number of amides is 1. The first-order chi connectivity index (χ1) is 18.1. The molecular formula is C30H30N2O6. The number of methoxy groups -OCH3 is 2. The number of nitrogens with zero attached hydrogens (tertiary/aromatic N) is 2. The van der Waals surface area contributed by atoms with Gasteiger partial charge in [-0.2, -0.15) is 0 Å². The van der Waals surface area contributed by atoms with E-state index in [9.17, 15) is 19.5 Å². The largest absolute Gasteiger partial charge is 0.507 e. The Morgan fingerprint density at radius 1 is 0.947 bits per heavy atom. The van der Waals surface area contributed by atoms with Gasteiger partial charge in [-0.25, -0.2) is 4.79 Å². The minimum atomic E-state index is -0.916. The van der Waals surface area contributed by atoms with Gasteiger partial charge in [-0.05, 0) is 73.0 Å². The van der Waals surface area contributed by atoms with Gasteiger partial charge in [0.25, 0.3) is 11.7 Å². The van der Waals surface area contributed by atoms with Crippen LogP contribution in [-0.2, 0) is 14.3 Å². The van der Waals surface area contributed by atoms with Crippen LogP contribution in [0.2, 0.25) is 0 Å². The summed E-state index contributed by atoms with van der Waals surface area (Å²) in [5, 5.41) is 11.6. The van der Waals surface area contributed by atoms with Crippen LogP contribution in [0.1, 0.15) is 38.7 Å². The Hall–Kier alpha value is -4.59. The zero-order chi connectivity index (χ0) is 27.7. The Balaban J connectivity index is 1.95. The summed E-state index contributed by atoms with van der Waals surface area (Å²) in [6, 6.07) is 16.4. The lowest BCUT2D eigenvalue weighted by Crippen LogP contribution is -2.29. The molecule has 1 amide bonds. The van der Waals surface area contributed by atoms with Crippen LogP contribution in [0.4, 0.5) is 11.4 Å². The molecule has 0 radical (unpaired) electrons. The number of aliphatic hydroxyl groups is 1. The van der Waals surface area contributed by atoms with E-state index in [1.807, 2.05) is 63.2 Å². The van der Waals surface area contributed by atoms with Gasteiger partial charge >= 0.3 is 5.97 Å². The standard InChI is InChI=1S/C30H30N2O6/c1-17-15-18(2)28(37-5)23(16-17)26(33)24-25(19-7-11-21(12-8-19)31(3)4)32(29(35)27(24)34)22-13-9-20(10-14-22)30(36)38-6/h7-16,25,33H,1-6H3/b26-24+. The number of aryl methyl sites for hydroxylation is 2. The molecule has 0 saturated carbocycles. The lowest BCUT2D eigenvalue weighted by atomic mass is 9.93. The highest BCUT2D eigenvalue weighted by atomic mass is 16.5. The molecule has 3 aromatic carbocycles. The number of carbonyl (C=O) groups is 3. The van der Waals surface area contributed by atoms with Gasteiger partial charge in [0.15, 0.2) is 0 Å². The summed E-state index contributed by atoms with van der Waals surface area (Å²) in [5.41, 5.74) is 4.21. The molecule has 1 aliphatic heterocycles. The minimum Gasteiger partial charge on any atom is -0.507 e. The van der Waals surface area contributed by atoms with Crippen molar-refractivity contribution in [3.63, 3.8) is 0 Å². The SMILES string of the molecule is COC(=O)c1ccc(N2C(=O)C(=O)/C(=C(/O)c3cc(C)cc(C)c3OC)C2c2ccc(N(C)C)cc2)cc1. The molecule has 0 aliphatic carbocycles. The molecule has 196 valence electrons. The fourth-order valence-corrected chi connectivity index (χ4v) is 4.79. The van der Waals surface area contributed by atoms with Gasteiger partial charge in [0.1, 0.15) is 11.5 Å². The molecule has 1 aliphatic rings. The Labute approximate surface area is 221 Å². The van der Waals surface area contributed by atoms with Crippen molar-refractivity contribution in [2.24, 2.45) is 0 Å². The molecule has 3 aromatic rings. The van der Waals surface area contributed by atoms with Crippen molar-refractivity contribution in [1.82, 2.24) is 0 Å². The summed E-state index contributed by atoms with van der Waals surface area (Å²) in [6.07, 6.45) is 0. The fraction of sp³-hybridized carbons (Fsp3) is 0.233. The van der Waals surface area contributed by atoms with Crippen molar-refractivity contribution in [1.29, 1.82) is 0 Å². The number of ether oxygens (including phenoxy) is 2. The van der Waals surface area contributed by atoms with Crippen molar-refractivity contribution in [2.45, 2.75) is 19.9 Å². The van der Waals surface area contributed by atoms with Crippen molar-refractivity contribution in [3.05, 3.63) is 94.1 Å². The summed E-state index contributed by atoms with van der Waals surface area (Å²) in [5.74, 6) is -2.02. The van der Waals surface area contributed by atoms with E-state index >= 15 is 0 Å². The van der Waals surface area contributed by atoms with Gasteiger partial charge in [0.05, 0.1) is 37.0 Å². The first-order valence-corrected chi connectivity index (χ1v) is 12.0. The molecule has 1 saturated heterocycles. The maximum Gasteiger partial charge on any atom is 0.337 e. The molecule has 1 atom stereocenters. The number of esters is 1. The van der Waals surface area contributed by atoms with E-state index in [0.29, 0.717) is 28.1 Å². The number of ketones is 1. The van der Waals surface area contributed by atoms with Crippen LogP contribution in [-0.4, -0.2) is 51.1 Å². The second-order valence-corrected chi connectivity index (χ2v) is 9.36. The summed E-state index contributed by atoms with van der Waals surface area (Å²) < 4.78 is 10.3. The Bertz CT molecular complexity index is 1440. The number of anilines is 2.